The zero-order valence-electron chi connectivity index (χ0n) is 22.8. The highest BCUT2D eigenvalue weighted by molar-refractivity contribution is 7.89. The number of carbonyl (C=O) groups is 2. The number of fused-ring (bicyclic) bond motifs is 1. The van der Waals surface area contributed by atoms with Gasteiger partial charge in [0.1, 0.15) is 17.4 Å². The second-order valence-electron chi connectivity index (χ2n) is 10.4. The van der Waals surface area contributed by atoms with Crippen molar-refractivity contribution in [3.8, 4) is 5.75 Å². The lowest BCUT2D eigenvalue weighted by Crippen LogP contribution is -2.52. The van der Waals surface area contributed by atoms with Crippen molar-refractivity contribution < 1.29 is 40.7 Å². The van der Waals surface area contributed by atoms with Gasteiger partial charge in [0.05, 0.1) is 24.1 Å². The minimum Gasteiger partial charge on any atom is -0.497 e. The molecular weight excluding hydrogens is 561 g/mol. The van der Waals surface area contributed by atoms with E-state index >= 15 is 0 Å². The number of rotatable bonds is 5. The molecule has 0 aromatic heterocycles. The molecule has 1 heterocycles. The highest BCUT2D eigenvalue weighted by Crippen LogP contribution is 2.34. The number of benzene rings is 3. The first-order valence-corrected chi connectivity index (χ1v) is 14.0. The summed E-state index contributed by atoms with van der Waals surface area (Å²) >= 11 is 0. The minimum absolute atomic E-state index is 0.123. The number of sulfonamides is 1. The molecule has 0 spiro atoms. The first kappa shape index (κ1) is 30.1. The molecule has 41 heavy (non-hydrogen) atoms. The number of carbonyl (C=O) groups excluding carboxylic acids is 2. The SMILES string of the molecule is COc1ccc(S(=O)(=O)N2Cc3ccccc3N(C(=O)c3cccc(C(F)(F)F)c3)CC2C(=O)OC(C)(C)C)cc1. The zero-order chi connectivity index (χ0) is 30.2. The van der Waals surface area contributed by atoms with E-state index in [1.54, 1.807) is 45.0 Å². The molecule has 0 radical (unpaired) electrons. The topological polar surface area (TPSA) is 93.2 Å². The summed E-state index contributed by atoms with van der Waals surface area (Å²) in [6.45, 7) is 4.04. The average Bonchev–Trinajstić information content (AvgIpc) is 3.09. The van der Waals surface area contributed by atoms with Crippen LogP contribution in [0.4, 0.5) is 18.9 Å². The van der Waals surface area contributed by atoms with Crippen molar-refractivity contribution in [1.82, 2.24) is 4.31 Å². The number of halogens is 3. The summed E-state index contributed by atoms with van der Waals surface area (Å²) in [4.78, 5) is 28.3. The van der Waals surface area contributed by atoms with Gasteiger partial charge in [0.2, 0.25) is 10.0 Å². The van der Waals surface area contributed by atoms with Gasteiger partial charge in [-0.3, -0.25) is 9.59 Å². The molecule has 0 saturated heterocycles. The number of hydrogen-bond acceptors (Lipinski definition) is 6. The van der Waals surface area contributed by atoms with E-state index in [4.69, 9.17) is 9.47 Å². The molecule has 218 valence electrons. The van der Waals surface area contributed by atoms with Gasteiger partial charge in [0.15, 0.2) is 0 Å². The standard InChI is InChI=1S/C29H29F3N2O6S/c1-28(2,3)40-27(36)25-18-33(26(35)19-9-7-10-21(16-19)29(30,31)32)24-11-6-5-8-20(24)17-34(25)41(37,38)23-14-12-22(39-4)13-15-23/h5-16,25H,17-18H2,1-4H3. The molecule has 3 aromatic rings. The molecule has 0 N–H and O–H groups in total. The van der Waals surface area contributed by atoms with Crippen molar-refractivity contribution in [2.75, 3.05) is 18.6 Å². The Bertz CT molecular complexity index is 1550. The fourth-order valence-corrected chi connectivity index (χ4v) is 5.97. The van der Waals surface area contributed by atoms with Crippen LogP contribution in [0.15, 0.2) is 77.7 Å². The first-order valence-electron chi connectivity index (χ1n) is 12.6. The second kappa shape index (κ2) is 11.2. The van der Waals surface area contributed by atoms with Crippen LogP contribution in [0, 0.1) is 0 Å². The molecule has 3 aromatic carbocycles. The summed E-state index contributed by atoms with van der Waals surface area (Å²) in [5.41, 5.74) is -1.66. The average molecular weight is 591 g/mol. The molecule has 1 aliphatic heterocycles. The summed E-state index contributed by atoms with van der Waals surface area (Å²) in [6.07, 6.45) is -4.69. The number of hydrogen-bond donors (Lipinski definition) is 0. The van der Waals surface area contributed by atoms with E-state index in [0.717, 1.165) is 27.4 Å². The Labute approximate surface area is 236 Å². The normalized spacial score (nSPS) is 16.5. The van der Waals surface area contributed by atoms with Crippen LogP contribution in [0.5, 0.6) is 5.75 Å². The third-order valence-electron chi connectivity index (χ3n) is 6.34. The van der Waals surface area contributed by atoms with Crippen molar-refractivity contribution in [3.05, 3.63) is 89.5 Å². The fourth-order valence-electron chi connectivity index (χ4n) is 4.42. The van der Waals surface area contributed by atoms with Gasteiger partial charge in [0.25, 0.3) is 5.91 Å². The number of esters is 1. The van der Waals surface area contributed by atoms with Crippen LogP contribution in [0.25, 0.3) is 0 Å². The molecule has 1 amide bonds. The third-order valence-corrected chi connectivity index (χ3v) is 8.21. The Morgan fingerprint density at radius 2 is 1.59 bits per heavy atom. The van der Waals surface area contributed by atoms with Crippen molar-refractivity contribution in [1.29, 1.82) is 0 Å². The number of ether oxygens (including phenoxy) is 2. The molecule has 0 bridgehead atoms. The monoisotopic (exact) mass is 590 g/mol. The first-order chi connectivity index (χ1) is 19.1. The van der Waals surface area contributed by atoms with Crippen molar-refractivity contribution in [2.24, 2.45) is 0 Å². The Hall–Kier alpha value is -3.90. The molecule has 1 aliphatic rings. The quantitative estimate of drug-likeness (QED) is 0.376. The fraction of sp³-hybridized carbons (Fsp3) is 0.310. The molecule has 0 aliphatic carbocycles. The van der Waals surface area contributed by atoms with E-state index in [1.165, 1.54) is 37.4 Å². The maximum Gasteiger partial charge on any atom is 0.416 e. The van der Waals surface area contributed by atoms with E-state index in [2.05, 4.69) is 0 Å². The second-order valence-corrected chi connectivity index (χ2v) is 12.3. The van der Waals surface area contributed by atoms with Crippen molar-refractivity contribution in [3.63, 3.8) is 0 Å². The largest absolute Gasteiger partial charge is 0.497 e. The smallest absolute Gasteiger partial charge is 0.416 e. The van der Waals surface area contributed by atoms with Gasteiger partial charge in [0, 0.05) is 17.8 Å². The van der Waals surface area contributed by atoms with Gasteiger partial charge in [-0.05, 0) is 74.9 Å². The molecule has 0 saturated carbocycles. The van der Waals surface area contributed by atoms with E-state index in [9.17, 15) is 31.2 Å². The van der Waals surface area contributed by atoms with Crippen LogP contribution in [0.1, 0.15) is 42.3 Å². The summed E-state index contributed by atoms with van der Waals surface area (Å²) in [7, 11) is -2.92. The molecular formula is C29H29F3N2O6S. The number of amides is 1. The third kappa shape index (κ3) is 6.54. The predicted molar refractivity (Wildman–Crippen MR) is 145 cm³/mol. The lowest BCUT2D eigenvalue weighted by atomic mass is 10.1. The molecule has 1 unspecified atom stereocenters. The molecule has 12 heteroatoms. The molecule has 8 nitrogen and oxygen atoms in total. The lowest BCUT2D eigenvalue weighted by molar-refractivity contribution is -0.159. The van der Waals surface area contributed by atoms with Crippen LogP contribution >= 0.6 is 0 Å². The summed E-state index contributed by atoms with van der Waals surface area (Å²) < 4.78 is 79.9. The maximum absolute atomic E-state index is 14.0. The Kier molecular flexibility index (Phi) is 8.19. The Balaban J connectivity index is 1.85. The Morgan fingerprint density at radius 1 is 0.927 bits per heavy atom. The number of anilines is 1. The van der Waals surface area contributed by atoms with E-state index in [-0.39, 0.29) is 22.7 Å². The van der Waals surface area contributed by atoms with Gasteiger partial charge >= 0.3 is 12.1 Å². The summed E-state index contributed by atoms with van der Waals surface area (Å²) in [5, 5.41) is 0. The van der Waals surface area contributed by atoms with Gasteiger partial charge < -0.3 is 14.4 Å². The van der Waals surface area contributed by atoms with E-state index < -0.39 is 51.8 Å². The summed E-state index contributed by atoms with van der Waals surface area (Å²) in [5.74, 6) is -1.32. The number of nitrogens with zero attached hydrogens (tertiary/aromatic N) is 2. The highest BCUT2D eigenvalue weighted by atomic mass is 32.2. The molecule has 4 rings (SSSR count). The molecule has 1 atom stereocenters. The molecule has 0 fully saturated rings. The van der Waals surface area contributed by atoms with Crippen LogP contribution in [-0.2, 0) is 32.3 Å². The Morgan fingerprint density at radius 3 is 2.20 bits per heavy atom. The number of methoxy groups -OCH3 is 1. The lowest BCUT2D eigenvalue weighted by Gasteiger charge is -2.32. The summed E-state index contributed by atoms with van der Waals surface area (Å²) in [6, 6.07) is 14.4. The van der Waals surface area contributed by atoms with E-state index in [1.807, 2.05) is 0 Å². The van der Waals surface area contributed by atoms with Crippen LogP contribution in [0.3, 0.4) is 0 Å². The maximum atomic E-state index is 14.0. The van der Waals surface area contributed by atoms with E-state index in [0.29, 0.717) is 11.3 Å². The number of alkyl halides is 3. The highest BCUT2D eigenvalue weighted by Gasteiger charge is 2.43. The van der Waals surface area contributed by atoms with Crippen molar-refractivity contribution in [2.45, 2.75) is 50.0 Å². The van der Waals surface area contributed by atoms with Crippen LogP contribution in [0.2, 0.25) is 0 Å². The van der Waals surface area contributed by atoms with Gasteiger partial charge in [-0.15, -0.1) is 0 Å². The van der Waals surface area contributed by atoms with Gasteiger partial charge in [-0.25, -0.2) is 8.42 Å². The number of para-hydroxylation sites is 1. The minimum atomic E-state index is -4.69. The van der Waals surface area contributed by atoms with Gasteiger partial charge in [-0.1, -0.05) is 24.3 Å². The predicted octanol–water partition coefficient (Wildman–Crippen LogP) is 5.28. The van der Waals surface area contributed by atoms with Crippen LogP contribution < -0.4 is 9.64 Å². The van der Waals surface area contributed by atoms with Crippen LogP contribution in [-0.4, -0.2) is 49.9 Å². The van der Waals surface area contributed by atoms with Crippen molar-refractivity contribution >= 4 is 27.6 Å². The van der Waals surface area contributed by atoms with Gasteiger partial charge in [-0.2, -0.15) is 17.5 Å². The zero-order valence-corrected chi connectivity index (χ0v) is 23.6.